The molecule has 4 heterocycles. The van der Waals surface area contributed by atoms with E-state index in [1.54, 1.807) is 58.0 Å². The summed E-state index contributed by atoms with van der Waals surface area (Å²) in [4.78, 5) is 44.3. The number of hydrogen-bond acceptors (Lipinski definition) is 10. The molecule has 1 unspecified atom stereocenters. The summed E-state index contributed by atoms with van der Waals surface area (Å²) in [6, 6.07) is 21.9. The highest BCUT2D eigenvalue weighted by molar-refractivity contribution is 6.85. The van der Waals surface area contributed by atoms with E-state index < -0.39 is 18.1 Å². The Bertz CT molecular complexity index is 1630. The Labute approximate surface area is 197 Å². The Kier molecular flexibility index (Phi) is 4.31. The normalized spacial score (nSPS) is 17.9. The van der Waals surface area contributed by atoms with E-state index in [2.05, 4.69) is 20.0 Å². The molecular formula is C24H11N8O3+. The number of nitrogens with zero attached hydrogens (tertiary/aromatic N) is 8. The van der Waals surface area contributed by atoms with Crippen LogP contribution in [0.15, 0.2) is 70.6 Å². The number of carbonyl (C=O) groups excluding carboxylic acids is 2. The lowest BCUT2D eigenvalue weighted by Crippen LogP contribution is -2.49. The Morgan fingerprint density at radius 1 is 0.857 bits per heavy atom. The number of benzene rings is 2. The number of aliphatic imine (C=N–C) groups is 2. The van der Waals surface area contributed by atoms with E-state index >= 15 is 0 Å². The Balaban J connectivity index is 1.75. The van der Waals surface area contributed by atoms with Gasteiger partial charge in [0.2, 0.25) is 12.0 Å². The number of ether oxygens (including phenoxy) is 1. The van der Waals surface area contributed by atoms with Crippen LogP contribution in [-0.2, 0) is 14.3 Å². The SMILES string of the molecule is N#Cc1nc2c(nc1C#N)[N+](c1ccccc1)=C1N=C3C(=O)OC(=O)C3=NC1N2c1ccccc1. The lowest BCUT2D eigenvalue weighted by molar-refractivity contribution is -0.147. The number of anilines is 2. The van der Waals surface area contributed by atoms with Crippen molar-refractivity contribution in [2.45, 2.75) is 6.17 Å². The molecule has 0 N–H and O–H groups in total. The van der Waals surface area contributed by atoms with Gasteiger partial charge in [-0.15, -0.1) is 0 Å². The minimum Gasteiger partial charge on any atom is -0.382 e. The number of para-hydroxylation sites is 2. The smallest absolute Gasteiger partial charge is 0.382 e. The van der Waals surface area contributed by atoms with Crippen molar-refractivity contribution in [3.63, 3.8) is 0 Å². The predicted molar refractivity (Wildman–Crippen MR) is 123 cm³/mol. The first-order chi connectivity index (χ1) is 17.1. The van der Waals surface area contributed by atoms with E-state index in [4.69, 9.17) is 4.74 Å². The highest BCUT2D eigenvalue weighted by Gasteiger charge is 2.51. The van der Waals surface area contributed by atoms with E-state index in [-0.39, 0.29) is 40.3 Å². The molecule has 1 aromatic heterocycles. The van der Waals surface area contributed by atoms with Crippen molar-refractivity contribution in [3.05, 3.63) is 72.1 Å². The van der Waals surface area contributed by atoms with Crippen LogP contribution < -0.4 is 9.48 Å². The first kappa shape index (κ1) is 20.1. The Morgan fingerprint density at radius 3 is 2.17 bits per heavy atom. The summed E-state index contributed by atoms with van der Waals surface area (Å²) in [5.74, 6) is -1.09. The molecule has 0 saturated carbocycles. The van der Waals surface area contributed by atoms with E-state index in [0.29, 0.717) is 11.4 Å². The number of cyclic esters (lactones) is 2. The van der Waals surface area contributed by atoms with Crippen molar-refractivity contribution >= 4 is 52.2 Å². The molecule has 0 aliphatic carbocycles. The van der Waals surface area contributed by atoms with Crippen molar-refractivity contribution < 1.29 is 14.3 Å². The van der Waals surface area contributed by atoms with Crippen LogP contribution >= 0.6 is 0 Å². The molecule has 11 nitrogen and oxygen atoms in total. The molecule has 0 spiro atoms. The average Bonchev–Trinajstić information content (AvgIpc) is 3.18. The summed E-state index contributed by atoms with van der Waals surface area (Å²) in [7, 11) is 0. The quantitative estimate of drug-likeness (QED) is 0.321. The number of fused-ring (bicyclic) bond motifs is 3. The van der Waals surface area contributed by atoms with Crippen molar-refractivity contribution in [1.29, 1.82) is 10.5 Å². The van der Waals surface area contributed by atoms with E-state index in [0.717, 1.165) is 0 Å². The summed E-state index contributed by atoms with van der Waals surface area (Å²) >= 11 is 0. The molecule has 0 bridgehead atoms. The van der Waals surface area contributed by atoms with Gasteiger partial charge in [0.05, 0.1) is 0 Å². The molecule has 3 aliphatic heterocycles. The standard InChI is InChI=1S/C24H11N8O3/c25-11-15-16(12-26)28-20-19(27-15)31(13-7-3-1-4-8-13)21-22(32(20)14-9-5-2-6-10-14)30-18-17(29-21)23(33)35-24(18)34/h1-10,21H/q+1. The summed E-state index contributed by atoms with van der Waals surface area (Å²) in [5, 5.41) is 19.2. The van der Waals surface area contributed by atoms with Crippen LogP contribution in [0, 0.1) is 22.7 Å². The predicted octanol–water partition coefficient (Wildman–Crippen LogP) is 1.91. The number of carbonyl (C=O) groups is 2. The molecule has 0 amide bonds. The molecule has 1 saturated heterocycles. The fourth-order valence-corrected chi connectivity index (χ4v) is 4.07. The van der Waals surface area contributed by atoms with Gasteiger partial charge < -0.3 is 4.74 Å². The van der Waals surface area contributed by atoms with Gasteiger partial charge in [-0.25, -0.2) is 19.6 Å². The van der Waals surface area contributed by atoms with Crippen LogP contribution in [0.1, 0.15) is 11.4 Å². The third kappa shape index (κ3) is 2.93. The zero-order valence-corrected chi connectivity index (χ0v) is 17.7. The number of hydrogen-bond donors (Lipinski definition) is 0. The zero-order chi connectivity index (χ0) is 24.1. The molecule has 2 aromatic carbocycles. The fourth-order valence-electron chi connectivity index (χ4n) is 4.07. The van der Waals surface area contributed by atoms with Gasteiger partial charge in [0.15, 0.2) is 11.4 Å². The highest BCUT2D eigenvalue weighted by Crippen LogP contribution is 2.40. The van der Waals surface area contributed by atoms with Gasteiger partial charge in [-0.05, 0) is 24.3 Å². The van der Waals surface area contributed by atoms with Crippen LogP contribution in [-0.4, -0.2) is 45.3 Å². The zero-order valence-electron chi connectivity index (χ0n) is 17.7. The molecule has 3 aliphatic rings. The summed E-state index contributed by atoms with van der Waals surface area (Å²) < 4.78 is 6.35. The number of rotatable bonds is 2. The van der Waals surface area contributed by atoms with Crippen molar-refractivity contribution in [2.75, 3.05) is 4.90 Å². The van der Waals surface area contributed by atoms with Crippen molar-refractivity contribution in [3.8, 4) is 12.1 Å². The summed E-state index contributed by atoms with van der Waals surface area (Å²) in [5.41, 5.74) is 0.496. The third-order valence-corrected chi connectivity index (χ3v) is 5.54. The van der Waals surface area contributed by atoms with Crippen LogP contribution in [0.25, 0.3) is 0 Å². The molecule has 6 rings (SSSR count). The Morgan fingerprint density at radius 2 is 1.49 bits per heavy atom. The van der Waals surface area contributed by atoms with E-state index in [1.807, 2.05) is 24.3 Å². The van der Waals surface area contributed by atoms with Gasteiger partial charge in [-0.2, -0.15) is 15.1 Å². The minimum atomic E-state index is -0.948. The topological polar surface area (TPSA) is 148 Å². The van der Waals surface area contributed by atoms with Gasteiger partial charge in [0.1, 0.15) is 17.8 Å². The lowest BCUT2D eigenvalue weighted by atomic mass is 10.1. The second-order valence-electron chi connectivity index (χ2n) is 7.52. The van der Waals surface area contributed by atoms with Gasteiger partial charge in [0.25, 0.3) is 17.2 Å². The molecule has 164 valence electrons. The van der Waals surface area contributed by atoms with Crippen molar-refractivity contribution in [1.82, 2.24) is 14.5 Å². The maximum absolute atomic E-state index is 12.3. The molecule has 3 aromatic rings. The molecule has 0 radical (unpaired) electrons. The van der Waals surface area contributed by atoms with Gasteiger partial charge in [0, 0.05) is 5.69 Å². The van der Waals surface area contributed by atoms with Gasteiger partial charge in [-0.3, -0.25) is 4.90 Å². The highest BCUT2D eigenvalue weighted by atomic mass is 16.6. The molecule has 1 fully saturated rings. The number of amidine groups is 1. The maximum atomic E-state index is 12.3. The van der Waals surface area contributed by atoms with E-state index in [9.17, 15) is 20.1 Å². The van der Waals surface area contributed by atoms with E-state index in [1.165, 1.54) is 0 Å². The van der Waals surface area contributed by atoms with Crippen molar-refractivity contribution in [2.24, 2.45) is 9.98 Å². The van der Waals surface area contributed by atoms with Crippen LogP contribution in [0.5, 0.6) is 0 Å². The first-order valence-corrected chi connectivity index (χ1v) is 10.3. The lowest BCUT2D eigenvalue weighted by Gasteiger charge is -2.34. The molecule has 1 atom stereocenters. The van der Waals surface area contributed by atoms with Crippen LogP contribution in [0.4, 0.5) is 23.0 Å². The second-order valence-corrected chi connectivity index (χ2v) is 7.52. The first-order valence-electron chi connectivity index (χ1n) is 10.3. The number of nitriles is 2. The summed E-state index contributed by atoms with van der Waals surface area (Å²) in [6.45, 7) is 0. The minimum absolute atomic E-state index is 0.160. The Hall–Kier alpha value is -5.55. The number of aromatic nitrogens is 2. The molecule has 11 heteroatoms. The summed E-state index contributed by atoms with van der Waals surface area (Å²) in [6.07, 6.45) is -0.948. The third-order valence-electron chi connectivity index (χ3n) is 5.54. The average molecular weight is 459 g/mol. The van der Waals surface area contributed by atoms with Crippen LogP contribution in [0.2, 0.25) is 0 Å². The molecule has 35 heavy (non-hydrogen) atoms. The largest absolute Gasteiger partial charge is 0.384 e. The monoisotopic (exact) mass is 459 g/mol. The van der Waals surface area contributed by atoms with Gasteiger partial charge >= 0.3 is 17.8 Å². The maximum Gasteiger partial charge on any atom is 0.384 e. The number of esters is 2. The molecular weight excluding hydrogens is 448 g/mol. The van der Waals surface area contributed by atoms with Gasteiger partial charge in [-0.1, -0.05) is 46.4 Å². The fraction of sp³-hybridized carbons (Fsp3) is 0.0417. The van der Waals surface area contributed by atoms with Crippen LogP contribution in [0.3, 0.4) is 0 Å². The second kappa shape index (κ2) is 7.50.